The zero-order valence-corrected chi connectivity index (χ0v) is 21.3. The fraction of sp³-hybridized carbons (Fsp3) is 0.520. The average molecular weight is 522 g/mol. The Morgan fingerprint density at radius 2 is 1.81 bits per heavy atom. The van der Waals surface area contributed by atoms with Crippen LogP contribution in [0.5, 0.6) is 5.75 Å². The van der Waals surface area contributed by atoms with Crippen molar-refractivity contribution >= 4 is 17.9 Å². The lowest BCUT2D eigenvalue weighted by atomic mass is 9.96. The minimum atomic E-state index is -2.74. The molecule has 1 saturated heterocycles. The monoisotopic (exact) mass is 521 g/mol. The molecule has 0 radical (unpaired) electrons. The number of aromatic nitrogens is 2. The van der Waals surface area contributed by atoms with E-state index in [2.05, 4.69) is 33.6 Å². The van der Waals surface area contributed by atoms with E-state index in [4.69, 9.17) is 29.9 Å². The van der Waals surface area contributed by atoms with Gasteiger partial charge in [-0.15, -0.1) is 0 Å². The molecule has 0 amide bonds. The van der Waals surface area contributed by atoms with Crippen molar-refractivity contribution in [3.63, 3.8) is 0 Å². The second kappa shape index (κ2) is 13.7. The Morgan fingerprint density at radius 3 is 2.30 bits per heavy atom. The summed E-state index contributed by atoms with van der Waals surface area (Å²) >= 11 is 0. The third kappa shape index (κ3) is 9.16. The standard InChI is InChI=1S/C19H27N3O2.C6H8O7/c1-15-20-11-17(21(15)2)13-22(14-18-8-6-10-24-18)12-16-7-4-5-9-19(16)23-3;7-3(8)1-6(13,5(11)12)2-4(9)10/h4-5,7,9,11,18H,6,8,10,12-14H2,1-3H3;13H,1-2H2,(H,7,8)(H,9,10)(H,11,12). The van der Waals surface area contributed by atoms with Crippen molar-refractivity contribution in [2.45, 2.75) is 57.4 Å². The van der Waals surface area contributed by atoms with E-state index < -0.39 is 36.4 Å². The van der Waals surface area contributed by atoms with Crippen LogP contribution in [0.15, 0.2) is 30.5 Å². The molecule has 1 fully saturated rings. The van der Waals surface area contributed by atoms with Crippen molar-refractivity contribution < 1.29 is 44.3 Å². The number of carboxylic acids is 3. The highest BCUT2D eigenvalue weighted by molar-refractivity contribution is 5.88. The predicted molar refractivity (Wildman–Crippen MR) is 131 cm³/mol. The summed E-state index contributed by atoms with van der Waals surface area (Å²) in [6.07, 6.45) is 2.32. The van der Waals surface area contributed by atoms with E-state index >= 15 is 0 Å². The Balaban J connectivity index is 0.000000317. The Hall–Kier alpha value is -3.48. The lowest BCUT2D eigenvalue weighted by Gasteiger charge is -2.26. The van der Waals surface area contributed by atoms with Crippen molar-refractivity contribution in [2.75, 3.05) is 20.3 Å². The summed E-state index contributed by atoms with van der Waals surface area (Å²) in [5.74, 6) is -3.04. The zero-order valence-electron chi connectivity index (χ0n) is 21.3. The highest BCUT2D eigenvalue weighted by Crippen LogP contribution is 2.22. The predicted octanol–water partition coefficient (Wildman–Crippen LogP) is 1.67. The van der Waals surface area contributed by atoms with E-state index in [0.717, 1.165) is 50.7 Å². The number of ether oxygens (including phenoxy) is 2. The van der Waals surface area contributed by atoms with Gasteiger partial charge < -0.3 is 34.5 Å². The maximum atomic E-state index is 10.3. The van der Waals surface area contributed by atoms with Crippen LogP contribution in [0.4, 0.5) is 0 Å². The molecule has 0 spiro atoms. The molecule has 37 heavy (non-hydrogen) atoms. The van der Waals surface area contributed by atoms with Gasteiger partial charge in [0.05, 0.1) is 31.7 Å². The first kappa shape index (κ1) is 29.7. The molecule has 204 valence electrons. The number of carboxylic acid groups (broad SMARTS) is 3. The summed E-state index contributed by atoms with van der Waals surface area (Å²) < 4.78 is 13.5. The van der Waals surface area contributed by atoms with Crippen LogP contribution in [-0.2, 0) is 39.3 Å². The van der Waals surface area contributed by atoms with Crippen LogP contribution in [0.1, 0.15) is 42.8 Å². The topological polar surface area (TPSA) is 172 Å². The number of aliphatic hydroxyl groups is 1. The second-order valence-corrected chi connectivity index (χ2v) is 8.95. The molecule has 0 bridgehead atoms. The molecule has 0 saturated carbocycles. The normalized spacial score (nSPS) is 15.2. The fourth-order valence-electron chi connectivity index (χ4n) is 3.97. The van der Waals surface area contributed by atoms with Crippen molar-refractivity contribution in [3.05, 3.63) is 47.5 Å². The molecule has 1 atom stereocenters. The van der Waals surface area contributed by atoms with E-state index in [9.17, 15) is 14.4 Å². The van der Waals surface area contributed by atoms with Gasteiger partial charge in [0.2, 0.25) is 0 Å². The first-order valence-corrected chi connectivity index (χ1v) is 11.8. The molecule has 4 N–H and O–H groups in total. The van der Waals surface area contributed by atoms with E-state index in [1.165, 1.54) is 11.3 Å². The Labute approximate surface area is 215 Å². The van der Waals surface area contributed by atoms with Gasteiger partial charge in [-0.2, -0.15) is 0 Å². The van der Waals surface area contributed by atoms with Crippen molar-refractivity contribution in [3.8, 4) is 5.75 Å². The summed E-state index contributed by atoms with van der Waals surface area (Å²) in [6, 6.07) is 8.23. The van der Waals surface area contributed by atoms with Gasteiger partial charge in [-0.05, 0) is 25.8 Å². The SMILES string of the molecule is COc1ccccc1CN(Cc1cnc(C)n1C)CC1CCCO1.O=C(O)CC(O)(CC(=O)O)C(=O)O. The van der Waals surface area contributed by atoms with Gasteiger partial charge in [0.1, 0.15) is 11.6 Å². The van der Waals surface area contributed by atoms with E-state index in [0.29, 0.717) is 6.10 Å². The lowest BCUT2D eigenvalue weighted by Crippen LogP contribution is -2.42. The third-order valence-electron chi connectivity index (χ3n) is 6.06. The van der Waals surface area contributed by atoms with Gasteiger partial charge in [0, 0.05) is 45.0 Å². The molecule has 12 nitrogen and oxygen atoms in total. The summed E-state index contributed by atoms with van der Waals surface area (Å²) in [7, 11) is 3.80. The average Bonchev–Trinajstić information content (AvgIpc) is 3.44. The summed E-state index contributed by atoms with van der Waals surface area (Å²) in [5.41, 5.74) is -0.310. The van der Waals surface area contributed by atoms with E-state index in [-0.39, 0.29) is 0 Å². The molecule has 1 aliphatic heterocycles. The van der Waals surface area contributed by atoms with Crippen LogP contribution in [0.25, 0.3) is 0 Å². The molecule has 2 heterocycles. The molecule has 0 aliphatic carbocycles. The summed E-state index contributed by atoms with van der Waals surface area (Å²) in [5, 5.41) is 33.8. The highest BCUT2D eigenvalue weighted by atomic mass is 16.5. The Kier molecular flexibility index (Phi) is 11.0. The fourth-order valence-corrected chi connectivity index (χ4v) is 3.97. The van der Waals surface area contributed by atoms with Gasteiger partial charge >= 0.3 is 17.9 Å². The van der Waals surface area contributed by atoms with Gasteiger partial charge in [-0.3, -0.25) is 14.5 Å². The number of imidazole rings is 1. The van der Waals surface area contributed by atoms with Gasteiger partial charge in [-0.25, -0.2) is 9.78 Å². The number of carbonyl (C=O) groups is 3. The van der Waals surface area contributed by atoms with Crippen LogP contribution >= 0.6 is 0 Å². The number of hydrogen-bond donors (Lipinski definition) is 4. The van der Waals surface area contributed by atoms with Crippen molar-refractivity contribution in [1.29, 1.82) is 0 Å². The number of aliphatic carboxylic acids is 3. The highest BCUT2D eigenvalue weighted by Gasteiger charge is 2.40. The number of benzene rings is 1. The molecular formula is C25H35N3O9. The molecule has 1 aromatic carbocycles. The van der Waals surface area contributed by atoms with Crippen molar-refractivity contribution in [2.24, 2.45) is 7.05 Å². The lowest BCUT2D eigenvalue weighted by molar-refractivity contribution is -0.170. The Bertz CT molecular complexity index is 1050. The molecule has 1 aromatic heterocycles. The molecule has 12 heteroatoms. The van der Waals surface area contributed by atoms with Gasteiger partial charge in [0.25, 0.3) is 0 Å². The maximum absolute atomic E-state index is 10.3. The number of methoxy groups -OCH3 is 1. The quantitative estimate of drug-likeness (QED) is 0.320. The number of rotatable bonds is 12. The third-order valence-corrected chi connectivity index (χ3v) is 6.06. The zero-order chi connectivity index (χ0) is 27.6. The molecule has 3 rings (SSSR count). The maximum Gasteiger partial charge on any atom is 0.336 e. The number of hydrogen-bond acceptors (Lipinski definition) is 8. The number of nitrogens with zero attached hydrogens (tertiary/aromatic N) is 3. The van der Waals surface area contributed by atoms with Gasteiger partial charge in [-0.1, -0.05) is 18.2 Å². The summed E-state index contributed by atoms with van der Waals surface area (Å²) in [6.45, 7) is 5.55. The first-order chi connectivity index (χ1) is 17.4. The molecule has 1 unspecified atom stereocenters. The second-order valence-electron chi connectivity index (χ2n) is 8.95. The molecule has 2 aromatic rings. The van der Waals surface area contributed by atoms with Crippen LogP contribution < -0.4 is 4.74 Å². The smallest absolute Gasteiger partial charge is 0.336 e. The van der Waals surface area contributed by atoms with E-state index in [1.807, 2.05) is 25.3 Å². The van der Waals surface area contributed by atoms with Crippen LogP contribution in [-0.4, -0.2) is 84.8 Å². The molecular weight excluding hydrogens is 486 g/mol. The first-order valence-electron chi connectivity index (χ1n) is 11.8. The van der Waals surface area contributed by atoms with Crippen LogP contribution in [0.3, 0.4) is 0 Å². The summed E-state index contributed by atoms with van der Waals surface area (Å²) in [4.78, 5) is 37.3. The van der Waals surface area contributed by atoms with Crippen LogP contribution in [0.2, 0.25) is 0 Å². The van der Waals surface area contributed by atoms with Gasteiger partial charge in [0.15, 0.2) is 5.60 Å². The van der Waals surface area contributed by atoms with E-state index in [1.54, 1.807) is 7.11 Å². The molecule has 1 aliphatic rings. The minimum absolute atomic E-state index is 0.328. The number of aryl methyl sites for hydroxylation is 1. The Morgan fingerprint density at radius 1 is 1.16 bits per heavy atom. The minimum Gasteiger partial charge on any atom is -0.496 e. The van der Waals surface area contributed by atoms with Crippen molar-refractivity contribution in [1.82, 2.24) is 14.5 Å². The number of para-hydroxylation sites is 1. The van der Waals surface area contributed by atoms with Crippen LogP contribution in [0, 0.1) is 6.92 Å². The largest absolute Gasteiger partial charge is 0.496 e.